The molecule has 0 aliphatic rings. The lowest BCUT2D eigenvalue weighted by Crippen LogP contribution is -1.93. The molecule has 0 bridgehead atoms. The van der Waals surface area contributed by atoms with Crippen LogP contribution in [0.3, 0.4) is 0 Å². The fourth-order valence-electron chi connectivity index (χ4n) is 1.84. The standard InChI is InChI=1S/C16H16O3/c1-11-4-6-15(16(8-11)18-3)19-14-7-5-13(10-17)9-12(14)2/h4-10H,1-3H3. The normalized spacial score (nSPS) is 10.1. The molecule has 0 atom stereocenters. The Morgan fingerprint density at radius 1 is 0.947 bits per heavy atom. The van der Waals surface area contributed by atoms with Crippen molar-refractivity contribution in [2.75, 3.05) is 7.11 Å². The van der Waals surface area contributed by atoms with E-state index in [0.29, 0.717) is 22.8 Å². The molecule has 0 unspecified atom stereocenters. The van der Waals surface area contributed by atoms with E-state index in [-0.39, 0.29) is 0 Å². The van der Waals surface area contributed by atoms with E-state index >= 15 is 0 Å². The van der Waals surface area contributed by atoms with Gasteiger partial charge in [-0.05, 0) is 55.3 Å². The first-order chi connectivity index (χ1) is 9.13. The van der Waals surface area contributed by atoms with Crippen LogP contribution in [0.15, 0.2) is 36.4 Å². The smallest absolute Gasteiger partial charge is 0.169 e. The molecule has 2 aromatic carbocycles. The Kier molecular flexibility index (Phi) is 3.85. The molecule has 98 valence electrons. The lowest BCUT2D eigenvalue weighted by molar-refractivity contribution is 0.112. The van der Waals surface area contributed by atoms with Crippen molar-refractivity contribution in [1.29, 1.82) is 0 Å². The zero-order valence-electron chi connectivity index (χ0n) is 11.3. The average Bonchev–Trinajstić information content (AvgIpc) is 2.42. The fraction of sp³-hybridized carbons (Fsp3) is 0.188. The van der Waals surface area contributed by atoms with Crippen molar-refractivity contribution in [3.63, 3.8) is 0 Å². The van der Waals surface area contributed by atoms with E-state index in [9.17, 15) is 4.79 Å². The van der Waals surface area contributed by atoms with E-state index in [1.54, 1.807) is 25.3 Å². The van der Waals surface area contributed by atoms with Gasteiger partial charge in [-0.15, -0.1) is 0 Å². The number of carbonyl (C=O) groups excluding carboxylic acids is 1. The van der Waals surface area contributed by atoms with Gasteiger partial charge in [0.2, 0.25) is 0 Å². The molecule has 0 heterocycles. The Bertz CT molecular complexity index is 603. The van der Waals surface area contributed by atoms with Crippen molar-refractivity contribution in [1.82, 2.24) is 0 Å². The number of methoxy groups -OCH3 is 1. The minimum Gasteiger partial charge on any atom is -0.493 e. The number of rotatable bonds is 4. The minimum atomic E-state index is 0.640. The Labute approximate surface area is 112 Å². The van der Waals surface area contributed by atoms with Crippen LogP contribution in [-0.4, -0.2) is 13.4 Å². The number of ether oxygens (including phenoxy) is 2. The second kappa shape index (κ2) is 5.57. The maximum Gasteiger partial charge on any atom is 0.169 e. The number of benzene rings is 2. The summed E-state index contributed by atoms with van der Waals surface area (Å²) in [5.41, 5.74) is 2.66. The third kappa shape index (κ3) is 2.94. The highest BCUT2D eigenvalue weighted by atomic mass is 16.5. The highest BCUT2D eigenvalue weighted by molar-refractivity contribution is 5.75. The maximum absolute atomic E-state index is 10.7. The molecule has 0 aromatic heterocycles. The van der Waals surface area contributed by atoms with Gasteiger partial charge < -0.3 is 9.47 Å². The average molecular weight is 256 g/mol. The van der Waals surface area contributed by atoms with Crippen molar-refractivity contribution < 1.29 is 14.3 Å². The Balaban J connectivity index is 2.33. The van der Waals surface area contributed by atoms with Crippen molar-refractivity contribution in [3.05, 3.63) is 53.1 Å². The highest BCUT2D eigenvalue weighted by Crippen LogP contribution is 2.33. The molecular formula is C16H16O3. The molecule has 0 N–H and O–H groups in total. The predicted octanol–water partition coefficient (Wildman–Crippen LogP) is 3.92. The zero-order chi connectivity index (χ0) is 13.8. The molecule has 2 aromatic rings. The van der Waals surface area contributed by atoms with Gasteiger partial charge >= 0.3 is 0 Å². The van der Waals surface area contributed by atoms with Crippen LogP contribution in [0.2, 0.25) is 0 Å². The molecule has 0 radical (unpaired) electrons. The lowest BCUT2D eigenvalue weighted by atomic mass is 10.1. The van der Waals surface area contributed by atoms with Gasteiger partial charge in [0.15, 0.2) is 11.5 Å². The molecule has 0 spiro atoms. The van der Waals surface area contributed by atoms with Gasteiger partial charge in [-0.1, -0.05) is 6.07 Å². The van der Waals surface area contributed by atoms with Crippen molar-refractivity contribution >= 4 is 6.29 Å². The van der Waals surface area contributed by atoms with E-state index in [1.807, 2.05) is 32.0 Å². The summed E-state index contributed by atoms with van der Waals surface area (Å²) in [6.45, 7) is 3.90. The van der Waals surface area contributed by atoms with Crippen LogP contribution in [0, 0.1) is 13.8 Å². The largest absolute Gasteiger partial charge is 0.493 e. The number of aldehydes is 1. The summed E-state index contributed by atoms with van der Waals surface area (Å²) in [5.74, 6) is 2.07. The molecule has 3 nitrogen and oxygen atoms in total. The van der Waals surface area contributed by atoms with Crippen LogP contribution >= 0.6 is 0 Å². The van der Waals surface area contributed by atoms with Gasteiger partial charge in [-0.3, -0.25) is 4.79 Å². The van der Waals surface area contributed by atoms with Crippen LogP contribution in [0.25, 0.3) is 0 Å². The van der Waals surface area contributed by atoms with Gasteiger partial charge in [0.1, 0.15) is 12.0 Å². The van der Waals surface area contributed by atoms with Gasteiger partial charge in [-0.25, -0.2) is 0 Å². The first-order valence-corrected chi connectivity index (χ1v) is 6.02. The van der Waals surface area contributed by atoms with E-state index in [4.69, 9.17) is 9.47 Å². The molecule has 0 aliphatic carbocycles. The molecule has 0 saturated carbocycles. The van der Waals surface area contributed by atoms with Crippen LogP contribution in [0.1, 0.15) is 21.5 Å². The summed E-state index contributed by atoms with van der Waals surface area (Å²) in [4.78, 5) is 10.7. The van der Waals surface area contributed by atoms with E-state index in [0.717, 1.165) is 17.4 Å². The molecular weight excluding hydrogens is 240 g/mol. The van der Waals surface area contributed by atoms with E-state index in [2.05, 4.69) is 0 Å². The summed E-state index contributed by atoms with van der Waals surface area (Å²) >= 11 is 0. The number of hydrogen-bond acceptors (Lipinski definition) is 3. The molecule has 3 heteroatoms. The third-order valence-electron chi connectivity index (χ3n) is 2.87. The van der Waals surface area contributed by atoms with Crippen LogP contribution in [-0.2, 0) is 0 Å². The zero-order valence-corrected chi connectivity index (χ0v) is 11.3. The summed E-state index contributed by atoms with van der Waals surface area (Å²) < 4.78 is 11.1. The van der Waals surface area contributed by atoms with Crippen LogP contribution in [0.5, 0.6) is 17.2 Å². The highest BCUT2D eigenvalue weighted by Gasteiger charge is 2.08. The predicted molar refractivity (Wildman–Crippen MR) is 74.4 cm³/mol. The summed E-state index contributed by atoms with van der Waals surface area (Å²) in [5, 5.41) is 0. The fourth-order valence-corrected chi connectivity index (χ4v) is 1.84. The first kappa shape index (κ1) is 13.1. The van der Waals surface area contributed by atoms with Crippen molar-refractivity contribution in [2.24, 2.45) is 0 Å². The van der Waals surface area contributed by atoms with Gasteiger partial charge in [0.05, 0.1) is 7.11 Å². The number of aryl methyl sites for hydroxylation is 2. The molecule has 0 fully saturated rings. The van der Waals surface area contributed by atoms with Crippen molar-refractivity contribution in [2.45, 2.75) is 13.8 Å². The lowest BCUT2D eigenvalue weighted by Gasteiger charge is -2.12. The molecule has 0 amide bonds. The van der Waals surface area contributed by atoms with Gasteiger partial charge in [0.25, 0.3) is 0 Å². The second-order valence-electron chi connectivity index (χ2n) is 4.40. The maximum atomic E-state index is 10.7. The van der Waals surface area contributed by atoms with E-state index < -0.39 is 0 Å². The molecule has 19 heavy (non-hydrogen) atoms. The van der Waals surface area contributed by atoms with Crippen LogP contribution in [0.4, 0.5) is 0 Å². The first-order valence-electron chi connectivity index (χ1n) is 6.02. The van der Waals surface area contributed by atoms with Crippen LogP contribution < -0.4 is 9.47 Å². The van der Waals surface area contributed by atoms with Gasteiger partial charge in [-0.2, -0.15) is 0 Å². The molecule has 2 rings (SSSR count). The van der Waals surface area contributed by atoms with Crippen molar-refractivity contribution in [3.8, 4) is 17.2 Å². The van der Waals surface area contributed by atoms with E-state index in [1.165, 1.54) is 0 Å². The summed E-state index contributed by atoms with van der Waals surface area (Å²) in [6, 6.07) is 11.1. The Morgan fingerprint density at radius 2 is 1.68 bits per heavy atom. The Hall–Kier alpha value is -2.29. The monoisotopic (exact) mass is 256 g/mol. The Morgan fingerprint density at radius 3 is 2.32 bits per heavy atom. The molecule has 0 saturated heterocycles. The minimum absolute atomic E-state index is 0.640. The SMILES string of the molecule is COc1cc(C)ccc1Oc1ccc(C=O)cc1C. The quantitative estimate of drug-likeness (QED) is 0.778. The third-order valence-corrected chi connectivity index (χ3v) is 2.87. The second-order valence-corrected chi connectivity index (χ2v) is 4.40. The van der Waals surface area contributed by atoms with Gasteiger partial charge in [0, 0.05) is 5.56 Å². The molecule has 0 aliphatic heterocycles. The number of hydrogen-bond donors (Lipinski definition) is 0. The topological polar surface area (TPSA) is 35.5 Å². The number of carbonyl (C=O) groups is 1. The summed E-state index contributed by atoms with van der Waals surface area (Å²) in [6.07, 6.45) is 0.823. The summed E-state index contributed by atoms with van der Waals surface area (Å²) in [7, 11) is 1.62.